The highest BCUT2D eigenvalue weighted by Crippen LogP contribution is 2.37. The van der Waals surface area contributed by atoms with Crippen LogP contribution in [0.3, 0.4) is 0 Å². The van der Waals surface area contributed by atoms with Crippen LogP contribution in [0, 0.1) is 0 Å². The summed E-state index contributed by atoms with van der Waals surface area (Å²) in [4.78, 5) is 40.2. The number of hydrogen-bond acceptors (Lipinski definition) is 5. The predicted molar refractivity (Wildman–Crippen MR) is 133 cm³/mol. The van der Waals surface area contributed by atoms with Crippen molar-refractivity contribution < 1.29 is 14.4 Å². The number of fused-ring (bicyclic) bond motifs is 4. The van der Waals surface area contributed by atoms with Crippen LogP contribution in [-0.2, 0) is 11.2 Å². The number of aryl methyl sites for hydroxylation is 1. The van der Waals surface area contributed by atoms with Gasteiger partial charge < -0.3 is 20.9 Å². The van der Waals surface area contributed by atoms with Gasteiger partial charge in [0.15, 0.2) is 0 Å². The predicted octanol–water partition coefficient (Wildman–Crippen LogP) is 4.16. The Bertz CT molecular complexity index is 1310. The van der Waals surface area contributed by atoms with E-state index in [0.29, 0.717) is 29.2 Å². The Morgan fingerprint density at radius 2 is 2.09 bits per heavy atom. The van der Waals surface area contributed by atoms with Crippen LogP contribution in [0.2, 0.25) is 0 Å². The fourth-order valence-electron chi connectivity index (χ4n) is 4.36. The number of anilines is 3. The van der Waals surface area contributed by atoms with E-state index in [1.165, 1.54) is 17.4 Å². The molecule has 3 N–H and O–H groups in total. The third-order valence-electron chi connectivity index (χ3n) is 6.02. The fraction of sp³-hybridized carbons (Fsp3) is 0.240. The first kappa shape index (κ1) is 21.2. The zero-order valence-corrected chi connectivity index (χ0v) is 19.1. The fourth-order valence-corrected chi connectivity index (χ4v) is 5.43. The summed E-state index contributed by atoms with van der Waals surface area (Å²) >= 11 is 1.42. The summed E-state index contributed by atoms with van der Waals surface area (Å²) in [5.74, 6) is -0.489. The second kappa shape index (κ2) is 8.37. The molecule has 2 aliphatic rings. The Kier molecular flexibility index (Phi) is 5.38. The number of carbonyl (C=O) groups is 3. The second-order valence-corrected chi connectivity index (χ2v) is 9.42. The van der Waals surface area contributed by atoms with Crippen molar-refractivity contribution in [2.24, 2.45) is 0 Å². The van der Waals surface area contributed by atoms with Gasteiger partial charge in [0.2, 0.25) is 5.91 Å². The van der Waals surface area contributed by atoms with Gasteiger partial charge in [-0.2, -0.15) is 0 Å². The number of amides is 3. The lowest BCUT2D eigenvalue weighted by Crippen LogP contribution is -2.34. The average molecular weight is 461 g/mol. The molecule has 0 fully saturated rings. The van der Waals surface area contributed by atoms with Gasteiger partial charge in [0.25, 0.3) is 11.8 Å². The van der Waals surface area contributed by atoms with E-state index in [-0.39, 0.29) is 23.8 Å². The van der Waals surface area contributed by atoms with E-state index >= 15 is 0 Å². The largest absolute Gasteiger partial charge is 0.381 e. The van der Waals surface area contributed by atoms with Crippen LogP contribution in [-0.4, -0.2) is 36.9 Å². The number of hydrogen-bond donors (Lipinski definition) is 3. The molecule has 0 bridgehead atoms. The van der Waals surface area contributed by atoms with Crippen molar-refractivity contribution in [1.29, 1.82) is 0 Å². The molecule has 0 unspecified atom stereocenters. The maximum Gasteiger partial charge on any atom is 0.263 e. The summed E-state index contributed by atoms with van der Waals surface area (Å²) in [6.07, 6.45) is 3.10. The smallest absolute Gasteiger partial charge is 0.263 e. The Hall–Kier alpha value is -3.65. The van der Waals surface area contributed by atoms with E-state index in [2.05, 4.69) is 22.5 Å². The topological polar surface area (TPSA) is 90.5 Å². The van der Waals surface area contributed by atoms with E-state index in [1.807, 2.05) is 37.3 Å². The minimum absolute atomic E-state index is 0.0233. The molecule has 0 spiro atoms. The highest BCUT2D eigenvalue weighted by atomic mass is 32.1. The Balaban J connectivity index is 1.44. The number of thiophene rings is 1. The monoisotopic (exact) mass is 460 g/mol. The molecule has 7 nitrogen and oxygen atoms in total. The molecule has 0 aliphatic carbocycles. The van der Waals surface area contributed by atoms with Crippen molar-refractivity contribution in [2.75, 3.05) is 28.6 Å². The van der Waals surface area contributed by atoms with Crippen molar-refractivity contribution in [1.82, 2.24) is 5.32 Å². The van der Waals surface area contributed by atoms with Gasteiger partial charge in [-0.15, -0.1) is 11.3 Å². The molecule has 2 aliphatic heterocycles. The molecule has 3 heterocycles. The third-order valence-corrected chi connectivity index (χ3v) is 7.19. The highest BCUT2D eigenvalue weighted by Gasteiger charge is 2.25. The van der Waals surface area contributed by atoms with Crippen molar-refractivity contribution >= 4 is 56.2 Å². The molecule has 0 saturated heterocycles. The summed E-state index contributed by atoms with van der Waals surface area (Å²) in [5, 5.41) is 10.1. The number of nitrogens with one attached hydrogen (secondary N) is 3. The standard InChI is InChI=1S/C25H24N4O3S/c1-3-21(30)29-10-4-5-15-6-8-17(12-19(15)29)28-24(31)16-7-9-20-18(11-16)22-23(33-20)25(32)27-14(2)13-26-22/h3,6-9,11-12,14,26H,1,4-5,10,13H2,2H3,(H,27,32)(H,28,31)/t14-/m1/s1. The summed E-state index contributed by atoms with van der Waals surface area (Å²) in [6.45, 7) is 6.80. The van der Waals surface area contributed by atoms with Crippen molar-refractivity contribution in [3.05, 3.63) is 65.1 Å². The Morgan fingerprint density at radius 3 is 2.91 bits per heavy atom. The van der Waals surface area contributed by atoms with Crippen molar-refractivity contribution in [3.8, 4) is 0 Å². The van der Waals surface area contributed by atoms with Crippen LogP contribution in [0.5, 0.6) is 0 Å². The molecule has 5 rings (SSSR count). The first-order chi connectivity index (χ1) is 15.9. The van der Waals surface area contributed by atoms with Gasteiger partial charge in [-0.05, 0) is 61.7 Å². The Morgan fingerprint density at radius 1 is 1.24 bits per heavy atom. The Labute approximate surface area is 195 Å². The summed E-state index contributed by atoms with van der Waals surface area (Å²) in [5.41, 5.74) is 3.79. The van der Waals surface area contributed by atoms with Crippen LogP contribution in [0.15, 0.2) is 49.1 Å². The van der Waals surface area contributed by atoms with Crippen LogP contribution >= 0.6 is 11.3 Å². The molecule has 1 aromatic heterocycles. The normalized spacial score (nSPS) is 17.3. The molecule has 8 heteroatoms. The number of carbonyl (C=O) groups excluding carboxylic acids is 3. The lowest BCUT2D eigenvalue weighted by Gasteiger charge is -2.29. The quantitative estimate of drug-likeness (QED) is 0.512. The average Bonchev–Trinajstić information content (AvgIpc) is 3.12. The molecule has 3 aromatic rings. The molecule has 0 radical (unpaired) electrons. The maximum absolute atomic E-state index is 13.1. The summed E-state index contributed by atoms with van der Waals surface area (Å²) in [7, 11) is 0. The maximum atomic E-state index is 13.1. The molecule has 33 heavy (non-hydrogen) atoms. The number of benzene rings is 2. The van der Waals surface area contributed by atoms with E-state index in [9.17, 15) is 14.4 Å². The molecular weight excluding hydrogens is 436 g/mol. The third kappa shape index (κ3) is 3.87. The van der Waals surface area contributed by atoms with E-state index in [4.69, 9.17) is 0 Å². The molecule has 168 valence electrons. The first-order valence-corrected chi connectivity index (χ1v) is 11.8. The zero-order valence-electron chi connectivity index (χ0n) is 18.2. The SMILES string of the molecule is C=CC(=O)N1CCCc2ccc(NC(=O)c3ccc4sc5c(c4c3)NC[C@@H](C)NC5=O)cc21. The van der Waals surface area contributed by atoms with Gasteiger partial charge in [-0.25, -0.2) is 0 Å². The minimum Gasteiger partial charge on any atom is -0.381 e. The second-order valence-electron chi connectivity index (χ2n) is 8.37. The van der Waals surface area contributed by atoms with E-state index < -0.39 is 0 Å². The molecule has 0 saturated carbocycles. The lowest BCUT2D eigenvalue weighted by molar-refractivity contribution is -0.114. The first-order valence-electron chi connectivity index (χ1n) is 10.9. The molecule has 1 atom stereocenters. The van der Waals surface area contributed by atoms with E-state index in [1.54, 1.807) is 11.0 Å². The van der Waals surface area contributed by atoms with Crippen molar-refractivity contribution in [2.45, 2.75) is 25.8 Å². The van der Waals surface area contributed by atoms with E-state index in [0.717, 1.165) is 39.9 Å². The van der Waals surface area contributed by atoms with Gasteiger partial charge in [0.05, 0.1) is 5.69 Å². The summed E-state index contributed by atoms with van der Waals surface area (Å²) in [6, 6.07) is 11.1. The van der Waals surface area contributed by atoms with Gasteiger partial charge in [-0.3, -0.25) is 14.4 Å². The van der Waals surface area contributed by atoms with Crippen LogP contribution in [0.4, 0.5) is 17.1 Å². The van der Waals surface area contributed by atoms with Crippen LogP contribution in [0.1, 0.15) is 38.9 Å². The van der Waals surface area contributed by atoms with Crippen LogP contribution < -0.4 is 20.9 Å². The number of rotatable bonds is 3. The zero-order chi connectivity index (χ0) is 23.1. The van der Waals surface area contributed by atoms with Crippen molar-refractivity contribution in [3.63, 3.8) is 0 Å². The molecule has 3 amide bonds. The molecular formula is C25H24N4O3S. The van der Waals surface area contributed by atoms with Gasteiger partial charge >= 0.3 is 0 Å². The van der Waals surface area contributed by atoms with Gasteiger partial charge in [-0.1, -0.05) is 12.6 Å². The van der Waals surface area contributed by atoms with Crippen LogP contribution in [0.25, 0.3) is 10.1 Å². The lowest BCUT2D eigenvalue weighted by atomic mass is 10.0. The van der Waals surface area contributed by atoms with Gasteiger partial charge in [0.1, 0.15) is 4.88 Å². The highest BCUT2D eigenvalue weighted by molar-refractivity contribution is 7.21. The number of nitrogens with zero attached hydrogens (tertiary/aromatic N) is 1. The molecule has 2 aromatic carbocycles. The van der Waals surface area contributed by atoms with Gasteiger partial charge in [0, 0.05) is 46.2 Å². The minimum atomic E-state index is -0.249. The summed E-state index contributed by atoms with van der Waals surface area (Å²) < 4.78 is 0.945.